The van der Waals surface area contributed by atoms with Gasteiger partial charge in [0.15, 0.2) is 0 Å². The van der Waals surface area contributed by atoms with E-state index in [0.29, 0.717) is 6.04 Å². The normalized spacial score (nSPS) is 23.1. The minimum Gasteiger partial charge on any atom is -0.460 e. The van der Waals surface area contributed by atoms with Crippen molar-refractivity contribution in [3.05, 3.63) is 0 Å². The average Bonchev–Trinajstić information content (AvgIpc) is 2.31. The quantitative estimate of drug-likeness (QED) is 0.576. The van der Waals surface area contributed by atoms with Gasteiger partial charge >= 0.3 is 5.97 Å². The smallest absolute Gasteiger partial charge is 0.309 e. The molecule has 2 fully saturated rings. The lowest BCUT2D eigenvalue weighted by Crippen LogP contribution is -2.60. The molecule has 0 radical (unpaired) electrons. The largest absolute Gasteiger partial charge is 0.460 e. The van der Waals surface area contributed by atoms with Crippen molar-refractivity contribution in [2.75, 3.05) is 32.7 Å². The molecule has 0 aromatic heterocycles. The van der Waals surface area contributed by atoms with Gasteiger partial charge in [-0.1, -0.05) is 5.92 Å². The highest BCUT2D eigenvalue weighted by Gasteiger charge is 2.35. The molecule has 0 aromatic carbocycles. The van der Waals surface area contributed by atoms with E-state index in [4.69, 9.17) is 11.2 Å². The van der Waals surface area contributed by atoms with Crippen LogP contribution in [0, 0.1) is 18.3 Å². The first-order valence-corrected chi connectivity index (χ1v) is 7.52. The Labute approximate surface area is 122 Å². The summed E-state index contributed by atoms with van der Waals surface area (Å²) in [5, 5.41) is 0. The van der Waals surface area contributed by atoms with Crippen LogP contribution in [0.1, 0.15) is 33.6 Å². The molecule has 0 N–H and O–H groups in total. The first kappa shape index (κ1) is 15.3. The molecular weight excluding hydrogens is 252 g/mol. The molecule has 20 heavy (non-hydrogen) atoms. The number of carbonyl (C=O) groups excluding carboxylic acids is 1. The lowest BCUT2D eigenvalue weighted by atomic mass is 9.94. The molecule has 0 saturated carbocycles. The number of esters is 1. The highest BCUT2D eigenvalue weighted by Crippen LogP contribution is 2.25. The van der Waals surface area contributed by atoms with Crippen LogP contribution in [0.4, 0.5) is 0 Å². The van der Waals surface area contributed by atoms with E-state index in [2.05, 4.69) is 15.7 Å². The van der Waals surface area contributed by atoms with Crippen LogP contribution in [-0.2, 0) is 9.53 Å². The lowest BCUT2D eigenvalue weighted by molar-refractivity contribution is -0.162. The van der Waals surface area contributed by atoms with Gasteiger partial charge in [-0.25, -0.2) is 0 Å². The summed E-state index contributed by atoms with van der Waals surface area (Å²) >= 11 is 0. The summed E-state index contributed by atoms with van der Waals surface area (Å²) in [6, 6.07) is 0.628. The van der Waals surface area contributed by atoms with Crippen LogP contribution in [0.3, 0.4) is 0 Å². The molecule has 0 spiro atoms. The molecule has 2 rings (SSSR count). The van der Waals surface area contributed by atoms with Gasteiger partial charge in [-0.2, -0.15) is 0 Å². The van der Waals surface area contributed by atoms with Crippen LogP contribution >= 0.6 is 0 Å². The maximum Gasteiger partial charge on any atom is 0.309 e. The fourth-order valence-corrected chi connectivity index (χ4v) is 2.92. The van der Waals surface area contributed by atoms with E-state index in [1.54, 1.807) is 0 Å². The Morgan fingerprint density at radius 3 is 2.40 bits per heavy atom. The van der Waals surface area contributed by atoms with Crippen molar-refractivity contribution >= 4 is 5.97 Å². The molecule has 2 heterocycles. The van der Waals surface area contributed by atoms with Crippen LogP contribution in [0.15, 0.2) is 0 Å². The average molecular weight is 278 g/mol. The molecule has 4 heteroatoms. The highest BCUT2D eigenvalue weighted by atomic mass is 16.6. The van der Waals surface area contributed by atoms with Crippen molar-refractivity contribution in [3.8, 4) is 12.3 Å². The van der Waals surface area contributed by atoms with E-state index < -0.39 is 0 Å². The Balaban J connectivity index is 1.71. The van der Waals surface area contributed by atoms with Crippen molar-refractivity contribution in [2.24, 2.45) is 5.92 Å². The Morgan fingerprint density at radius 2 is 1.90 bits per heavy atom. The predicted molar refractivity (Wildman–Crippen MR) is 79.2 cm³/mol. The maximum absolute atomic E-state index is 12.0. The minimum atomic E-state index is -0.377. The number of hydrogen-bond acceptors (Lipinski definition) is 4. The molecule has 2 aliphatic rings. The maximum atomic E-state index is 12.0. The monoisotopic (exact) mass is 278 g/mol. The predicted octanol–water partition coefficient (Wildman–Crippen LogP) is 1.36. The lowest BCUT2D eigenvalue weighted by Gasteiger charge is -2.47. The summed E-state index contributed by atoms with van der Waals surface area (Å²) < 4.78 is 5.47. The third kappa shape index (κ3) is 3.97. The van der Waals surface area contributed by atoms with Crippen molar-refractivity contribution in [2.45, 2.75) is 45.3 Å². The van der Waals surface area contributed by atoms with Crippen molar-refractivity contribution in [1.82, 2.24) is 9.80 Å². The van der Waals surface area contributed by atoms with Gasteiger partial charge < -0.3 is 4.74 Å². The number of piperidine rings is 1. The second-order valence-corrected chi connectivity index (χ2v) is 6.90. The molecule has 0 aromatic rings. The SMILES string of the molecule is C#CCN1CC(N2CCC(C(=O)OC(C)(C)C)CC2)C1. The van der Waals surface area contributed by atoms with Crippen LogP contribution in [0.5, 0.6) is 0 Å². The molecule has 112 valence electrons. The van der Waals surface area contributed by atoms with E-state index in [9.17, 15) is 4.79 Å². The van der Waals surface area contributed by atoms with E-state index >= 15 is 0 Å². The number of ether oxygens (including phenoxy) is 1. The Bertz CT molecular complexity index is 380. The first-order valence-electron chi connectivity index (χ1n) is 7.52. The van der Waals surface area contributed by atoms with Crippen molar-refractivity contribution in [3.63, 3.8) is 0 Å². The number of carbonyl (C=O) groups is 1. The Hall–Kier alpha value is -1.05. The van der Waals surface area contributed by atoms with Gasteiger partial charge in [-0.3, -0.25) is 14.6 Å². The topological polar surface area (TPSA) is 32.8 Å². The number of nitrogens with zero attached hydrogens (tertiary/aromatic N) is 2. The Kier molecular flexibility index (Phi) is 4.72. The molecule has 2 aliphatic heterocycles. The van der Waals surface area contributed by atoms with Crippen molar-refractivity contribution in [1.29, 1.82) is 0 Å². The summed E-state index contributed by atoms with van der Waals surface area (Å²) in [7, 11) is 0. The second-order valence-electron chi connectivity index (χ2n) is 6.90. The fraction of sp³-hybridized carbons (Fsp3) is 0.812. The van der Waals surface area contributed by atoms with Gasteiger partial charge in [-0.05, 0) is 46.7 Å². The standard InChI is InChI=1S/C16H26N2O2/c1-5-8-17-11-14(12-17)18-9-6-13(7-10-18)15(19)20-16(2,3)4/h1,13-14H,6-12H2,2-4H3. The molecule has 2 saturated heterocycles. The molecule has 0 unspecified atom stereocenters. The zero-order valence-corrected chi connectivity index (χ0v) is 12.9. The van der Waals surface area contributed by atoms with E-state index in [1.807, 2.05) is 20.8 Å². The molecule has 0 aliphatic carbocycles. The summed E-state index contributed by atoms with van der Waals surface area (Å²) in [4.78, 5) is 16.8. The molecule has 0 amide bonds. The van der Waals surface area contributed by atoms with Crippen LogP contribution < -0.4 is 0 Å². The third-order valence-corrected chi connectivity index (χ3v) is 4.04. The molecule has 0 atom stereocenters. The van der Waals surface area contributed by atoms with Gasteiger partial charge in [0.25, 0.3) is 0 Å². The zero-order valence-electron chi connectivity index (χ0n) is 12.9. The van der Waals surface area contributed by atoms with Crippen LogP contribution in [0.2, 0.25) is 0 Å². The van der Waals surface area contributed by atoms with E-state index in [0.717, 1.165) is 45.6 Å². The van der Waals surface area contributed by atoms with E-state index in [1.165, 1.54) is 0 Å². The highest BCUT2D eigenvalue weighted by molar-refractivity contribution is 5.73. The summed E-state index contributed by atoms with van der Waals surface area (Å²) in [6.07, 6.45) is 7.14. The molecular formula is C16H26N2O2. The number of likely N-dealkylation sites (tertiary alicyclic amines) is 2. The van der Waals surface area contributed by atoms with Gasteiger partial charge in [0.1, 0.15) is 5.60 Å². The Morgan fingerprint density at radius 1 is 1.30 bits per heavy atom. The summed E-state index contributed by atoms with van der Waals surface area (Å²) in [5.74, 6) is 2.73. The van der Waals surface area contributed by atoms with Crippen molar-refractivity contribution < 1.29 is 9.53 Å². The molecule has 4 nitrogen and oxygen atoms in total. The van der Waals surface area contributed by atoms with Gasteiger partial charge in [0, 0.05) is 19.1 Å². The minimum absolute atomic E-state index is 0.0280. The van der Waals surface area contributed by atoms with Gasteiger partial charge in [0.05, 0.1) is 12.5 Å². The van der Waals surface area contributed by atoms with Crippen LogP contribution in [0.25, 0.3) is 0 Å². The second kappa shape index (κ2) is 6.15. The number of hydrogen-bond donors (Lipinski definition) is 0. The third-order valence-electron chi connectivity index (χ3n) is 4.04. The van der Waals surface area contributed by atoms with Gasteiger partial charge in [-0.15, -0.1) is 6.42 Å². The van der Waals surface area contributed by atoms with Gasteiger partial charge in [0.2, 0.25) is 0 Å². The first-order chi connectivity index (χ1) is 9.39. The number of terminal acetylenes is 1. The van der Waals surface area contributed by atoms with Crippen LogP contribution in [-0.4, -0.2) is 60.1 Å². The summed E-state index contributed by atoms with van der Waals surface area (Å²) in [6.45, 7) is 10.7. The fourth-order valence-electron chi connectivity index (χ4n) is 2.92. The zero-order chi connectivity index (χ0) is 14.8. The molecule has 0 bridgehead atoms. The summed E-state index contributed by atoms with van der Waals surface area (Å²) in [5.41, 5.74) is -0.377. The number of rotatable bonds is 3. The van der Waals surface area contributed by atoms with E-state index in [-0.39, 0.29) is 17.5 Å².